The van der Waals surface area contributed by atoms with Gasteiger partial charge in [0.15, 0.2) is 0 Å². The van der Waals surface area contributed by atoms with Gasteiger partial charge in [-0.3, -0.25) is 25.2 Å². The zero-order chi connectivity index (χ0) is 24.0. The summed E-state index contributed by atoms with van der Waals surface area (Å²) in [4.78, 5) is 24.2. The average molecular weight is 475 g/mol. The Hall–Kier alpha value is -3.99. The summed E-state index contributed by atoms with van der Waals surface area (Å²) >= 11 is 0. The molecule has 0 atom stereocenters. The van der Waals surface area contributed by atoms with E-state index in [0.717, 1.165) is 12.1 Å². The molecular formula is C22H19F2N3O5S. The molecule has 33 heavy (non-hydrogen) atoms. The second-order valence-electron chi connectivity index (χ2n) is 6.62. The first-order valence-electron chi connectivity index (χ1n) is 9.61. The van der Waals surface area contributed by atoms with Crippen molar-refractivity contribution in [2.75, 3.05) is 11.3 Å². The number of nitrogens with one attached hydrogen (secondary N) is 3. The van der Waals surface area contributed by atoms with E-state index in [0.29, 0.717) is 18.4 Å². The van der Waals surface area contributed by atoms with E-state index in [9.17, 15) is 26.8 Å². The number of carbonyl (C=O) groups is 2. The Bertz CT molecular complexity index is 1260. The molecule has 3 N–H and O–H groups in total. The fourth-order valence-electron chi connectivity index (χ4n) is 2.71. The number of ether oxygens (including phenoxy) is 1. The van der Waals surface area contributed by atoms with Crippen LogP contribution in [-0.4, -0.2) is 26.8 Å². The molecule has 0 unspecified atom stereocenters. The molecule has 11 heteroatoms. The van der Waals surface area contributed by atoms with Gasteiger partial charge in [-0.25, -0.2) is 17.2 Å². The molecule has 0 saturated carbocycles. The van der Waals surface area contributed by atoms with Gasteiger partial charge in [0, 0.05) is 11.3 Å². The molecular weight excluding hydrogens is 456 g/mol. The smallest absolute Gasteiger partial charge is 0.272 e. The Morgan fingerprint density at radius 3 is 2.15 bits per heavy atom. The van der Waals surface area contributed by atoms with Gasteiger partial charge in [-0.05, 0) is 73.7 Å². The zero-order valence-electron chi connectivity index (χ0n) is 17.3. The number of carbonyl (C=O) groups excluding carboxylic acids is 2. The first-order chi connectivity index (χ1) is 15.7. The summed E-state index contributed by atoms with van der Waals surface area (Å²) in [5.74, 6) is -3.01. The molecule has 0 bridgehead atoms. The minimum absolute atomic E-state index is 0.0278. The van der Waals surface area contributed by atoms with E-state index in [1.165, 1.54) is 48.5 Å². The summed E-state index contributed by atoms with van der Waals surface area (Å²) < 4.78 is 59.5. The summed E-state index contributed by atoms with van der Waals surface area (Å²) in [7, 11) is -3.87. The van der Waals surface area contributed by atoms with Crippen LogP contribution in [0.4, 0.5) is 14.5 Å². The van der Waals surface area contributed by atoms with Crippen molar-refractivity contribution in [2.45, 2.75) is 11.8 Å². The van der Waals surface area contributed by atoms with E-state index in [-0.39, 0.29) is 16.1 Å². The number of benzene rings is 3. The molecule has 0 fully saturated rings. The molecule has 0 saturated heterocycles. The van der Waals surface area contributed by atoms with Crippen molar-refractivity contribution >= 4 is 27.5 Å². The highest BCUT2D eigenvalue weighted by Gasteiger charge is 2.16. The van der Waals surface area contributed by atoms with E-state index < -0.39 is 39.0 Å². The van der Waals surface area contributed by atoms with Crippen LogP contribution in [0.2, 0.25) is 0 Å². The molecule has 0 aliphatic rings. The molecule has 0 aliphatic heterocycles. The predicted molar refractivity (Wildman–Crippen MR) is 116 cm³/mol. The quantitative estimate of drug-likeness (QED) is 0.454. The molecule has 3 aromatic rings. The first kappa shape index (κ1) is 23.7. The second-order valence-corrected chi connectivity index (χ2v) is 8.30. The average Bonchev–Trinajstić information content (AvgIpc) is 2.79. The van der Waals surface area contributed by atoms with Gasteiger partial charge in [-0.1, -0.05) is 0 Å². The molecule has 0 aromatic heterocycles. The summed E-state index contributed by atoms with van der Waals surface area (Å²) in [6.07, 6.45) is 0. The highest BCUT2D eigenvalue weighted by atomic mass is 32.2. The third-order valence-electron chi connectivity index (χ3n) is 4.31. The fourth-order valence-corrected chi connectivity index (χ4v) is 3.77. The lowest BCUT2D eigenvalue weighted by Crippen LogP contribution is -2.42. The maximum absolute atomic E-state index is 13.6. The van der Waals surface area contributed by atoms with Crippen LogP contribution in [0.5, 0.6) is 5.75 Å². The van der Waals surface area contributed by atoms with Crippen LogP contribution >= 0.6 is 0 Å². The number of anilines is 1. The number of hydrogen-bond donors (Lipinski definition) is 3. The van der Waals surface area contributed by atoms with E-state index >= 15 is 0 Å². The lowest BCUT2D eigenvalue weighted by molar-refractivity contribution is 0.0844. The van der Waals surface area contributed by atoms with Gasteiger partial charge in [0.1, 0.15) is 17.4 Å². The minimum atomic E-state index is -3.87. The number of hydrazine groups is 1. The predicted octanol–water partition coefficient (Wildman–Crippen LogP) is 3.24. The van der Waals surface area contributed by atoms with Crippen molar-refractivity contribution in [2.24, 2.45) is 0 Å². The standard InChI is InChI=1S/C22H19F2N3O5S/c1-2-32-17-8-10-18(11-9-17)33(30,31)27-16-6-3-14(4-7-16)21(28)25-26-22(29)19-13-15(23)5-12-20(19)24/h3-13,27H,2H2,1H3,(H,25,28)(H,26,29). The highest BCUT2D eigenvalue weighted by Crippen LogP contribution is 2.20. The normalized spacial score (nSPS) is 10.9. The number of hydrogen-bond acceptors (Lipinski definition) is 5. The topological polar surface area (TPSA) is 114 Å². The van der Waals surface area contributed by atoms with Gasteiger partial charge in [-0.2, -0.15) is 0 Å². The molecule has 0 spiro atoms. The molecule has 3 rings (SSSR count). The number of rotatable bonds is 7. The van der Waals surface area contributed by atoms with E-state index in [1.54, 1.807) is 0 Å². The number of halogens is 2. The molecule has 8 nitrogen and oxygen atoms in total. The largest absolute Gasteiger partial charge is 0.494 e. The maximum atomic E-state index is 13.6. The van der Waals surface area contributed by atoms with E-state index in [2.05, 4.69) is 10.1 Å². The van der Waals surface area contributed by atoms with Crippen LogP contribution in [0.1, 0.15) is 27.6 Å². The van der Waals surface area contributed by atoms with Gasteiger partial charge in [0.25, 0.3) is 21.8 Å². The van der Waals surface area contributed by atoms with Crippen molar-refractivity contribution in [3.8, 4) is 5.75 Å². The fraction of sp³-hybridized carbons (Fsp3) is 0.0909. The van der Waals surface area contributed by atoms with Crippen LogP contribution in [0, 0.1) is 11.6 Å². The second kappa shape index (κ2) is 10.1. The van der Waals surface area contributed by atoms with Crippen LogP contribution < -0.4 is 20.3 Å². The molecule has 0 radical (unpaired) electrons. The molecule has 172 valence electrons. The molecule has 0 heterocycles. The Morgan fingerprint density at radius 2 is 1.52 bits per heavy atom. The molecule has 3 aromatic carbocycles. The van der Waals surface area contributed by atoms with Gasteiger partial charge in [-0.15, -0.1) is 0 Å². The minimum Gasteiger partial charge on any atom is -0.494 e. The SMILES string of the molecule is CCOc1ccc(S(=O)(=O)Nc2ccc(C(=O)NNC(=O)c3cc(F)ccc3F)cc2)cc1. The highest BCUT2D eigenvalue weighted by molar-refractivity contribution is 7.92. The van der Waals surface area contributed by atoms with Crippen molar-refractivity contribution < 1.29 is 31.5 Å². The molecule has 2 amide bonds. The van der Waals surface area contributed by atoms with Crippen molar-refractivity contribution in [3.05, 3.63) is 89.5 Å². The van der Waals surface area contributed by atoms with Gasteiger partial charge in [0.05, 0.1) is 17.1 Å². The first-order valence-corrected chi connectivity index (χ1v) is 11.1. The van der Waals surface area contributed by atoms with Gasteiger partial charge >= 0.3 is 0 Å². The van der Waals surface area contributed by atoms with Gasteiger partial charge in [0.2, 0.25) is 0 Å². The number of amides is 2. The van der Waals surface area contributed by atoms with Crippen LogP contribution in [0.25, 0.3) is 0 Å². The maximum Gasteiger partial charge on any atom is 0.272 e. The van der Waals surface area contributed by atoms with Gasteiger partial charge < -0.3 is 4.74 Å². The number of sulfonamides is 1. The Morgan fingerprint density at radius 1 is 0.879 bits per heavy atom. The lowest BCUT2D eigenvalue weighted by Gasteiger charge is -2.11. The monoisotopic (exact) mass is 475 g/mol. The third kappa shape index (κ3) is 6.04. The van der Waals surface area contributed by atoms with E-state index in [4.69, 9.17) is 4.74 Å². The van der Waals surface area contributed by atoms with Crippen LogP contribution in [0.15, 0.2) is 71.6 Å². The third-order valence-corrected chi connectivity index (χ3v) is 5.70. The van der Waals surface area contributed by atoms with Crippen molar-refractivity contribution in [3.63, 3.8) is 0 Å². The van der Waals surface area contributed by atoms with Crippen LogP contribution in [0.3, 0.4) is 0 Å². The Balaban J connectivity index is 1.61. The van der Waals surface area contributed by atoms with Crippen molar-refractivity contribution in [1.29, 1.82) is 0 Å². The molecule has 0 aliphatic carbocycles. The van der Waals surface area contributed by atoms with Crippen molar-refractivity contribution in [1.82, 2.24) is 10.9 Å². The lowest BCUT2D eigenvalue weighted by atomic mass is 10.2. The van der Waals surface area contributed by atoms with E-state index in [1.807, 2.05) is 12.3 Å². The summed E-state index contributed by atoms with van der Waals surface area (Å²) in [5, 5.41) is 0. The summed E-state index contributed by atoms with van der Waals surface area (Å²) in [6, 6.07) is 13.6. The van der Waals surface area contributed by atoms with Crippen LogP contribution in [-0.2, 0) is 10.0 Å². The summed E-state index contributed by atoms with van der Waals surface area (Å²) in [6.45, 7) is 2.27. The summed E-state index contributed by atoms with van der Waals surface area (Å²) in [5.41, 5.74) is 3.77. The Kier molecular flexibility index (Phi) is 7.23. The Labute approximate surface area is 188 Å². The zero-order valence-corrected chi connectivity index (χ0v) is 18.1.